The van der Waals surface area contributed by atoms with E-state index in [2.05, 4.69) is 38.2 Å². The number of aliphatic hydroxyl groups excluding tert-OH is 1. The molecule has 0 aromatic heterocycles. The summed E-state index contributed by atoms with van der Waals surface area (Å²) in [7, 11) is 0. The van der Waals surface area contributed by atoms with Gasteiger partial charge in [0, 0.05) is 38.1 Å². The number of hydrogen-bond donors (Lipinski definition) is 2. The Balaban J connectivity index is 2.09. The molecule has 0 aromatic rings. The molecule has 3 N–H and O–H groups in total. The van der Waals surface area contributed by atoms with Crippen LogP contribution in [0.15, 0.2) is 24.3 Å². The van der Waals surface area contributed by atoms with Crippen LogP contribution in [0.3, 0.4) is 0 Å². The molecule has 0 aliphatic carbocycles. The highest BCUT2D eigenvalue weighted by Gasteiger charge is 2.36. The Morgan fingerprint density at radius 3 is 1.22 bits per heavy atom. The average Bonchev–Trinajstić information content (AvgIpc) is 3.55. The van der Waals surface area contributed by atoms with E-state index in [4.69, 9.17) is 15.2 Å². The van der Waals surface area contributed by atoms with Gasteiger partial charge < -0.3 is 25.2 Å². The number of aliphatic hydroxyl groups is 1. The highest BCUT2D eigenvalue weighted by molar-refractivity contribution is 5.82. The summed E-state index contributed by atoms with van der Waals surface area (Å²) in [5.74, 6) is 0.356. The highest BCUT2D eigenvalue weighted by Crippen LogP contribution is 2.25. The van der Waals surface area contributed by atoms with Crippen LogP contribution in [0.2, 0.25) is 0 Å². The van der Waals surface area contributed by atoms with Crippen molar-refractivity contribution in [3.8, 4) is 0 Å². The first-order valence-corrected chi connectivity index (χ1v) is 22.2. The highest BCUT2D eigenvalue weighted by atomic mass is 16.5. The van der Waals surface area contributed by atoms with Gasteiger partial charge in [-0.05, 0) is 64.2 Å². The van der Waals surface area contributed by atoms with Gasteiger partial charge in [0.1, 0.15) is 6.04 Å². The van der Waals surface area contributed by atoms with Gasteiger partial charge in [0.15, 0.2) is 0 Å². The Bertz CT molecular complexity index is 749. The van der Waals surface area contributed by atoms with E-state index in [0.29, 0.717) is 26.3 Å². The number of hydrogen-bond acceptors (Lipinski definition) is 5. The summed E-state index contributed by atoms with van der Waals surface area (Å²) in [6.45, 7) is 8.40. The quantitative estimate of drug-likeness (QED) is 0.0490. The number of unbranched alkanes of at least 4 members (excludes halogenated alkanes) is 24. The van der Waals surface area contributed by atoms with Crippen LogP contribution in [0.1, 0.15) is 194 Å². The largest absolute Gasteiger partial charge is 0.394 e. The molecule has 1 aliphatic rings. The lowest BCUT2D eigenvalue weighted by Gasteiger charge is -2.19. The van der Waals surface area contributed by atoms with Crippen LogP contribution in [-0.4, -0.2) is 68.1 Å². The van der Waals surface area contributed by atoms with Gasteiger partial charge in [0.2, 0.25) is 5.91 Å². The molecule has 1 saturated heterocycles. The lowest BCUT2D eigenvalue weighted by molar-refractivity contribution is -0.132. The third-order valence-electron chi connectivity index (χ3n) is 10.7. The molecule has 6 nitrogen and oxygen atoms in total. The third kappa shape index (κ3) is 28.9. The van der Waals surface area contributed by atoms with Gasteiger partial charge in [-0.25, -0.2) is 0 Å². The summed E-state index contributed by atoms with van der Waals surface area (Å²) in [4.78, 5) is 14.5. The van der Waals surface area contributed by atoms with Crippen molar-refractivity contribution >= 4 is 5.91 Å². The minimum Gasteiger partial charge on any atom is -0.394 e. The predicted molar refractivity (Wildman–Crippen MR) is 219 cm³/mol. The second-order valence-electron chi connectivity index (χ2n) is 15.6. The standard InChI is InChI=1S/C45H86N2O4/c1-3-5-7-9-11-13-15-17-19-21-23-25-27-29-31-33-35-50-40-42-37-47(45(49)44(46)39-48)38-43(42)41-51-36-34-32-30-28-26-24-22-20-18-16-14-12-10-8-6-4-2/h17-20,42-44,48H,3-16,21-41,46H2,1-2H3/b19-17-,20-18-/t42-,43?,44-/m0/s1. The number of carbonyl (C=O) groups is 1. The molecule has 1 rings (SSSR count). The number of carbonyl (C=O) groups excluding carboxylic acids is 1. The fourth-order valence-electron chi connectivity index (χ4n) is 7.18. The Labute approximate surface area is 317 Å². The zero-order valence-electron chi connectivity index (χ0n) is 34.0. The Morgan fingerprint density at radius 1 is 0.569 bits per heavy atom. The molecule has 3 atom stereocenters. The minimum atomic E-state index is -0.839. The van der Waals surface area contributed by atoms with Crippen LogP contribution in [0.4, 0.5) is 0 Å². The molecule has 0 aromatic carbocycles. The summed E-state index contributed by atoms with van der Waals surface area (Å²) in [5, 5.41) is 9.41. The first-order valence-electron chi connectivity index (χ1n) is 22.2. The van der Waals surface area contributed by atoms with Crippen molar-refractivity contribution in [2.75, 3.05) is 46.1 Å². The molecule has 1 aliphatic heterocycles. The normalized spacial score (nSPS) is 17.1. The van der Waals surface area contributed by atoms with Crippen molar-refractivity contribution in [3.63, 3.8) is 0 Å². The molecule has 0 radical (unpaired) electrons. The number of ether oxygens (including phenoxy) is 2. The molecule has 51 heavy (non-hydrogen) atoms. The van der Waals surface area contributed by atoms with Crippen LogP contribution in [0.5, 0.6) is 0 Å². The van der Waals surface area contributed by atoms with Crippen molar-refractivity contribution in [2.24, 2.45) is 17.6 Å². The van der Waals surface area contributed by atoms with Gasteiger partial charge in [-0.2, -0.15) is 0 Å². The van der Waals surface area contributed by atoms with Gasteiger partial charge in [0.25, 0.3) is 0 Å². The van der Waals surface area contributed by atoms with Gasteiger partial charge in [0.05, 0.1) is 19.8 Å². The lowest BCUT2D eigenvalue weighted by Crippen LogP contribution is -2.45. The first kappa shape index (κ1) is 47.8. The van der Waals surface area contributed by atoms with E-state index >= 15 is 0 Å². The van der Waals surface area contributed by atoms with E-state index in [1.807, 2.05) is 4.90 Å². The molecule has 0 saturated carbocycles. The molecular weight excluding hydrogens is 633 g/mol. The molecule has 0 spiro atoms. The molecular formula is C45H86N2O4. The molecule has 1 fully saturated rings. The number of allylic oxidation sites excluding steroid dienone is 4. The predicted octanol–water partition coefficient (Wildman–Crippen LogP) is 11.5. The molecule has 0 bridgehead atoms. The molecule has 300 valence electrons. The number of nitrogens with zero attached hydrogens (tertiary/aromatic N) is 1. The van der Waals surface area contributed by atoms with E-state index in [9.17, 15) is 9.90 Å². The summed E-state index contributed by atoms with van der Waals surface area (Å²) in [6.07, 6.45) is 46.2. The molecule has 1 heterocycles. The zero-order valence-corrected chi connectivity index (χ0v) is 34.0. The lowest BCUT2D eigenvalue weighted by atomic mass is 9.98. The number of amides is 1. The second kappa shape index (κ2) is 37.1. The number of nitrogens with two attached hydrogens (primary N) is 1. The molecule has 1 amide bonds. The Hall–Kier alpha value is -1.21. The van der Waals surface area contributed by atoms with Gasteiger partial charge in [-0.15, -0.1) is 0 Å². The maximum Gasteiger partial charge on any atom is 0.241 e. The summed E-state index contributed by atoms with van der Waals surface area (Å²) >= 11 is 0. The van der Waals surface area contributed by atoms with Crippen LogP contribution >= 0.6 is 0 Å². The van der Waals surface area contributed by atoms with Crippen LogP contribution in [-0.2, 0) is 14.3 Å². The van der Waals surface area contributed by atoms with E-state index < -0.39 is 6.04 Å². The number of rotatable bonds is 38. The van der Waals surface area contributed by atoms with Crippen molar-refractivity contribution in [1.29, 1.82) is 0 Å². The van der Waals surface area contributed by atoms with E-state index in [1.165, 1.54) is 167 Å². The van der Waals surface area contributed by atoms with Crippen molar-refractivity contribution in [2.45, 2.75) is 200 Å². The Kier molecular flexibility index (Phi) is 34.8. The van der Waals surface area contributed by atoms with Crippen molar-refractivity contribution in [1.82, 2.24) is 4.90 Å². The van der Waals surface area contributed by atoms with Crippen molar-refractivity contribution < 1.29 is 19.4 Å². The molecule has 6 heteroatoms. The first-order chi connectivity index (χ1) is 25.1. The van der Waals surface area contributed by atoms with E-state index in [1.54, 1.807) is 0 Å². The number of likely N-dealkylation sites (tertiary alicyclic amines) is 1. The summed E-state index contributed by atoms with van der Waals surface area (Å²) < 4.78 is 12.3. The topological polar surface area (TPSA) is 85.0 Å². The summed E-state index contributed by atoms with van der Waals surface area (Å²) in [6, 6.07) is -0.839. The Morgan fingerprint density at radius 2 is 0.882 bits per heavy atom. The second-order valence-corrected chi connectivity index (χ2v) is 15.6. The monoisotopic (exact) mass is 719 g/mol. The van der Waals surface area contributed by atoms with E-state index in [0.717, 1.165) is 26.1 Å². The van der Waals surface area contributed by atoms with Crippen LogP contribution in [0, 0.1) is 11.8 Å². The fourth-order valence-corrected chi connectivity index (χ4v) is 7.18. The van der Waals surface area contributed by atoms with Gasteiger partial charge >= 0.3 is 0 Å². The average molecular weight is 719 g/mol. The van der Waals surface area contributed by atoms with Gasteiger partial charge in [-0.1, -0.05) is 154 Å². The van der Waals surface area contributed by atoms with Crippen LogP contribution < -0.4 is 5.73 Å². The maximum atomic E-state index is 12.7. The van der Waals surface area contributed by atoms with Crippen molar-refractivity contribution in [3.05, 3.63) is 24.3 Å². The fraction of sp³-hybridized carbons (Fsp3) is 0.889. The smallest absolute Gasteiger partial charge is 0.241 e. The van der Waals surface area contributed by atoms with E-state index in [-0.39, 0.29) is 24.3 Å². The van der Waals surface area contributed by atoms with Crippen LogP contribution in [0.25, 0.3) is 0 Å². The molecule has 1 unspecified atom stereocenters. The van der Waals surface area contributed by atoms with Gasteiger partial charge in [-0.3, -0.25) is 4.79 Å². The summed E-state index contributed by atoms with van der Waals surface area (Å²) in [5.41, 5.74) is 5.87. The third-order valence-corrected chi connectivity index (χ3v) is 10.7. The minimum absolute atomic E-state index is 0.161. The maximum absolute atomic E-state index is 12.7. The zero-order chi connectivity index (χ0) is 36.9. The SMILES string of the molecule is CCCCCCCC/C=C\CCCCCCCCOCC1CN(C(=O)[C@@H](N)CO)C[C@H]1COCCCCCCCC/C=C\CCCCCCCC.